The summed E-state index contributed by atoms with van der Waals surface area (Å²) in [6.45, 7) is 6.45. The summed E-state index contributed by atoms with van der Waals surface area (Å²) >= 11 is 0. The number of rotatable bonds is 4. The van der Waals surface area contributed by atoms with Gasteiger partial charge in [0.25, 0.3) is 0 Å². The van der Waals surface area contributed by atoms with Gasteiger partial charge in [0.05, 0.1) is 0 Å². The average Bonchev–Trinajstić information content (AvgIpc) is 1.89. The molecule has 0 nitrogen and oxygen atoms in total. The maximum absolute atomic E-state index is 3.09. The molecule has 0 radical (unpaired) electrons. The molecule has 1 unspecified atom stereocenters. The second-order valence-corrected chi connectivity index (χ2v) is 2.86. The monoisotopic (exact) mass is 138 g/mol. The molecule has 1 atom stereocenters. The predicted octanol–water partition coefficient (Wildman–Crippen LogP) is 3.23. The van der Waals surface area contributed by atoms with Crippen LogP contribution in [0.15, 0.2) is 0 Å². The molecule has 0 fully saturated rings. The summed E-state index contributed by atoms with van der Waals surface area (Å²) in [6, 6.07) is 0. The van der Waals surface area contributed by atoms with Crippen molar-refractivity contribution in [3.63, 3.8) is 0 Å². The SMILES string of the molecule is CC#CCCC(C)CCC. The van der Waals surface area contributed by atoms with Crippen molar-refractivity contribution in [1.82, 2.24) is 0 Å². The predicted molar refractivity (Wildman–Crippen MR) is 46.8 cm³/mol. The molecule has 0 rings (SSSR count). The molecule has 0 N–H and O–H groups in total. The van der Waals surface area contributed by atoms with Crippen LogP contribution in [0.1, 0.15) is 46.5 Å². The molecule has 0 aliphatic carbocycles. The van der Waals surface area contributed by atoms with Gasteiger partial charge >= 0.3 is 0 Å². The van der Waals surface area contributed by atoms with E-state index < -0.39 is 0 Å². The van der Waals surface area contributed by atoms with E-state index in [4.69, 9.17) is 0 Å². The zero-order valence-electron chi connectivity index (χ0n) is 7.41. The Kier molecular flexibility index (Phi) is 6.38. The minimum atomic E-state index is 0.867. The summed E-state index contributed by atoms with van der Waals surface area (Å²) in [4.78, 5) is 0. The molecule has 0 spiro atoms. The van der Waals surface area contributed by atoms with E-state index in [0.29, 0.717) is 0 Å². The lowest BCUT2D eigenvalue weighted by atomic mass is 10.0. The summed E-state index contributed by atoms with van der Waals surface area (Å²) in [6.07, 6.45) is 5.01. The molecule has 0 aromatic heterocycles. The molecule has 0 aliphatic heterocycles. The van der Waals surface area contributed by atoms with Crippen LogP contribution in [-0.2, 0) is 0 Å². The van der Waals surface area contributed by atoms with Crippen LogP contribution in [0.5, 0.6) is 0 Å². The molecule has 0 aliphatic rings. The Morgan fingerprint density at radius 3 is 2.50 bits per heavy atom. The molecule has 58 valence electrons. The molecule has 0 heteroatoms. The molecular weight excluding hydrogens is 120 g/mol. The van der Waals surface area contributed by atoms with Gasteiger partial charge in [-0.2, -0.15) is 0 Å². The molecule has 0 amide bonds. The van der Waals surface area contributed by atoms with E-state index in [2.05, 4.69) is 25.7 Å². The smallest absolute Gasteiger partial charge is 0.00911 e. The fourth-order valence-electron chi connectivity index (χ4n) is 1.08. The Morgan fingerprint density at radius 1 is 1.30 bits per heavy atom. The highest BCUT2D eigenvalue weighted by Crippen LogP contribution is 2.10. The summed E-state index contributed by atoms with van der Waals surface area (Å²) in [5.74, 6) is 6.87. The van der Waals surface area contributed by atoms with Gasteiger partial charge in [0.1, 0.15) is 0 Å². The molecule has 0 aromatic carbocycles. The van der Waals surface area contributed by atoms with Gasteiger partial charge < -0.3 is 0 Å². The van der Waals surface area contributed by atoms with Crippen LogP contribution in [-0.4, -0.2) is 0 Å². The minimum absolute atomic E-state index is 0.867. The van der Waals surface area contributed by atoms with Gasteiger partial charge in [0, 0.05) is 6.42 Å². The Morgan fingerprint density at radius 2 is 2.00 bits per heavy atom. The summed E-state index contributed by atoms with van der Waals surface area (Å²) < 4.78 is 0. The van der Waals surface area contributed by atoms with Crippen molar-refractivity contribution >= 4 is 0 Å². The third-order valence-electron chi connectivity index (χ3n) is 1.72. The summed E-state index contributed by atoms with van der Waals surface area (Å²) in [5, 5.41) is 0. The van der Waals surface area contributed by atoms with Crippen LogP contribution in [0.3, 0.4) is 0 Å². The van der Waals surface area contributed by atoms with Crippen molar-refractivity contribution < 1.29 is 0 Å². The minimum Gasteiger partial charge on any atom is -0.107 e. The fraction of sp³-hybridized carbons (Fsp3) is 0.800. The lowest BCUT2D eigenvalue weighted by Crippen LogP contribution is -1.91. The first-order chi connectivity index (χ1) is 4.81. The molecule has 0 bridgehead atoms. The van der Waals surface area contributed by atoms with E-state index in [-0.39, 0.29) is 0 Å². The van der Waals surface area contributed by atoms with E-state index in [1.54, 1.807) is 0 Å². The lowest BCUT2D eigenvalue weighted by molar-refractivity contribution is 0.494. The van der Waals surface area contributed by atoms with Crippen LogP contribution in [0.2, 0.25) is 0 Å². The number of hydrogen-bond acceptors (Lipinski definition) is 0. The second kappa shape index (κ2) is 6.68. The van der Waals surface area contributed by atoms with Crippen molar-refractivity contribution in [2.24, 2.45) is 5.92 Å². The van der Waals surface area contributed by atoms with Crippen molar-refractivity contribution in [1.29, 1.82) is 0 Å². The highest BCUT2D eigenvalue weighted by atomic mass is 14.0. The first-order valence-electron chi connectivity index (χ1n) is 4.20. The second-order valence-electron chi connectivity index (χ2n) is 2.86. The van der Waals surface area contributed by atoms with Gasteiger partial charge in [-0.15, -0.1) is 11.8 Å². The molecule has 0 saturated carbocycles. The highest BCUT2D eigenvalue weighted by Gasteiger charge is 1.97. The standard InChI is InChI=1S/C10H18/c1-4-6-7-9-10(3)8-5-2/h10H,5,7-9H2,1-3H3. The van der Waals surface area contributed by atoms with Crippen molar-refractivity contribution in [3.8, 4) is 11.8 Å². The highest BCUT2D eigenvalue weighted by molar-refractivity contribution is 4.94. The summed E-state index contributed by atoms with van der Waals surface area (Å²) in [7, 11) is 0. The Balaban J connectivity index is 3.18. The summed E-state index contributed by atoms with van der Waals surface area (Å²) in [5.41, 5.74) is 0. The zero-order valence-corrected chi connectivity index (χ0v) is 7.41. The third kappa shape index (κ3) is 5.69. The molecule has 0 aromatic rings. The van der Waals surface area contributed by atoms with Crippen molar-refractivity contribution in [2.75, 3.05) is 0 Å². The van der Waals surface area contributed by atoms with Crippen LogP contribution >= 0.6 is 0 Å². The zero-order chi connectivity index (χ0) is 7.82. The van der Waals surface area contributed by atoms with E-state index in [0.717, 1.165) is 12.3 Å². The molecule has 0 heterocycles. The first kappa shape index (κ1) is 9.56. The van der Waals surface area contributed by atoms with Crippen LogP contribution in [0.4, 0.5) is 0 Å². The first-order valence-corrected chi connectivity index (χ1v) is 4.20. The van der Waals surface area contributed by atoms with Gasteiger partial charge in [-0.3, -0.25) is 0 Å². The third-order valence-corrected chi connectivity index (χ3v) is 1.72. The van der Waals surface area contributed by atoms with Crippen molar-refractivity contribution in [3.05, 3.63) is 0 Å². The largest absolute Gasteiger partial charge is 0.107 e. The maximum atomic E-state index is 3.09. The molecular formula is C10H18. The van der Waals surface area contributed by atoms with Crippen LogP contribution < -0.4 is 0 Å². The quantitative estimate of drug-likeness (QED) is 0.523. The van der Waals surface area contributed by atoms with E-state index in [1.165, 1.54) is 19.3 Å². The van der Waals surface area contributed by atoms with Crippen molar-refractivity contribution in [2.45, 2.75) is 46.5 Å². The van der Waals surface area contributed by atoms with Crippen LogP contribution in [0, 0.1) is 17.8 Å². The van der Waals surface area contributed by atoms with Gasteiger partial charge in [0.15, 0.2) is 0 Å². The Hall–Kier alpha value is -0.440. The van der Waals surface area contributed by atoms with Gasteiger partial charge in [-0.1, -0.05) is 26.7 Å². The average molecular weight is 138 g/mol. The molecule has 0 saturated heterocycles. The van der Waals surface area contributed by atoms with Gasteiger partial charge in [-0.25, -0.2) is 0 Å². The van der Waals surface area contributed by atoms with Gasteiger partial charge in [-0.05, 0) is 19.3 Å². The van der Waals surface area contributed by atoms with E-state index >= 15 is 0 Å². The fourth-order valence-corrected chi connectivity index (χ4v) is 1.08. The number of hydrogen-bond donors (Lipinski definition) is 0. The molecule has 10 heavy (non-hydrogen) atoms. The lowest BCUT2D eigenvalue weighted by Gasteiger charge is -2.05. The van der Waals surface area contributed by atoms with Gasteiger partial charge in [0.2, 0.25) is 0 Å². The van der Waals surface area contributed by atoms with E-state index in [1.807, 2.05) is 6.92 Å². The van der Waals surface area contributed by atoms with Crippen LogP contribution in [0.25, 0.3) is 0 Å². The Bertz CT molecular complexity index is 114. The maximum Gasteiger partial charge on any atom is 0.00911 e. The Labute approximate surface area is 65.0 Å². The van der Waals surface area contributed by atoms with E-state index in [9.17, 15) is 0 Å². The topological polar surface area (TPSA) is 0 Å². The normalized spacial score (nSPS) is 11.9.